The summed E-state index contributed by atoms with van der Waals surface area (Å²) in [7, 11) is 1.45. The first kappa shape index (κ1) is 20.3. The molecule has 1 amide bonds. The van der Waals surface area contributed by atoms with Crippen LogP contribution < -0.4 is 19.5 Å². The number of methoxy groups -OCH3 is 1. The number of hydrogen-bond acceptors (Lipinski definition) is 7. The number of amides is 1. The molecule has 1 N–H and O–H groups in total. The average molecular weight is 417 g/mol. The van der Waals surface area contributed by atoms with Crippen LogP contribution in [0.15, 0.2) is 30.3 Å². The molecule has 0 saturated carbocycles. The van der Waals surface area contributed by atoms with Gasteiger partial charge in [-0.25, -0.2) is 4.79 Å². The van der Waals surface area contributed by atoms with Crippen LogP contribution in [0.25, 0.3) is 0 Å². The van der Waals surface area contributed by atoms with Gasteiger partial charge in [0.05, 0.1) is 23.3 Å². The molecule has 8 nitrogen and oxygen atoms in total. The van der Waals surface area contributed by atoms with Crippen LogP contribution in [0.3, 0.4) is 0 Å². The number of nitrogens with zero attached hydrogens (tertiary/aromatic N) is 1. The summed E-state index contributed by atoms with van der Waals surface area (Å²) in [6, 6.07) is 9.32. The van der Waals surface area contributed by atoms with Gasteiger partial charge in [-0.2, -0.15) is 5.26 Å². The number of halogens is 1. The van der Waals surface area contributed by atoms with E-state index in [4.69, 9.17) is 35.8 Å². The fourth-order valence-electron chi connectivity index (χ4n) is 2.60. The van der Waals surface area contributed by atoms with Crippen molar-refractivity contribution >= 4 is 29.2 Å². The van der Waals surface area contributed by atoms with E-state index in [1.165, 1.54) is 44.4 Å². The van der Waals surface area contributed by atoms with Gasteiger partial charge in [0.1, 0.15) is 19.3 Å². The maximum Gasteiger partial charge on any atom is 0.339 e. The second kappa shape index (κ2) is 8.71. The van der Waals surface area contributed by atoms with Crippen LogP contribution in [0, 0.1) is 11.3 Å². The molecule has 0 aliphatic carbocycles. The molecular formula is C20H17ClN2O6. The van der Waals surface area contributed by atoms with Gasteiger partial charge in [-0.3, -0.25) is 4.79 Å². The van der Waals surface area contributed by atoms with Crippen molar-refractivity contribution in [1.82, 2.24) is 0 Å². The van der Waals surface area contributed by atoms with E-state index in [0.29, 0.717) is 36.1 Å². The third-order valence-corrected chi connectivity index (χ3v) is 4.39. The highest BCUT2D eigenvalue weighted by Gasteiger charge is 2.24. The van der Waals surface area contributed by atoms with Gasteiger partial charge >= 0.3 is 5.97 Å². The van der Waals surface area contributed by atoms with Gasteiger partial charge in [0.2, 0.25) is 5.75 Å². The normalized spacial score (nSPS) is 13.0. The molecule has 1 aliphatic rings. The molecule has 0 saturated heterocycles. The predicted octanol–water partition coefficient (Wildman–Crippen LogP) is 3.18. The Morgan fingerprint density at radius 3 is 2.69 bits per heavy atom. The smallest absolute Gasteiger partial charge is 0.339 e. The number of hydrogen-bond donors (Lipinski definition) is 1. The van der Waals surface area contributed by atoms with Crippen molar-refractivity contribution in [3.05, 3.63) is 46.5 Å². The molecule has 29 heavy (non-hydrogen) atoms. The van der Waals surface area contributed by atoms with Gasteiger partial charge in [-0.15, -0.1) is 0 Å². The maximum absolute atomic E-state index is 12.5. The van der Waals surface area contributed by atoms with Crippen LogP contribution in [-0.2, 0) is 9.53 Å². The molecule has 1 heterocycles. The molecule has 150 valence electrons. The molecule has 1 aliphatic heterocycles. The largest absolute Gasteiger partial charge is 0.493 e. The fourth-order valence-corrected chi connectivity index (χ4v) is 2.82. The molecule has 0 aromatic heterocycles. The number of nitrogens with one attached hydrogen (secondary N) is 1. The van der Waals surface area contributed by atoms with Crippen molar-refractivity contribution in [2.45, 2.75) is 13.0 Å². The first-order valence-electron chi connectivity index (χ1n) is 8.62. The van der Waals surface area contributed by atoms with Gasteiger partial charge in [0, 0.05) is 5.69 Å². The topological polar surface area (TPSA) is 107 Å². The van der Waals surface area contributed by atoms with Crippen molar-refractivity contribution in [1.29, 1.82) is 5.26 Å². The lowest BCUT2D eigenvalue weighted by atomic mass is 10.1. The quantitative estimate of drug-likeness (QED) is 0.746. The van der Waals surface area contributed by atoms with E-state index >= 15 is 0 Å². The SMILES string of the molecule is COc1cc(C(=O)O[C@@H](C)C(=O)Nc2ccc(C#N)c(Cl)c2)cc2c1OCCO2. The fraction of sp³-hybridized carbons (Fsp3) is 0.250. The number of ether oxygens (including phenoxy) is 4. The van der Waals surface area contributed by atoms with E-state index < -0.39 is 18.0 Å². The summed E-state index contributed by atoms with van der Waals surface area (Å²) in [5, 5.41) is 11.7. The Morgan fingerprint density at radius 2 is 2.00 bits per heavy atom. The zero-order chi connectivity index (χ0) is 21.0. The molecule has 0 unspecified atom stereocenters. The molecule has 0 bridgehead atoms. The predicted molar refractivity (Wildman–Crippen MR) is 104 cm³/mol. The minimum atomic E-state index is -1.09. The third kappa shape index (κ3) is 4.52. The minimum absolute atomic E-state index is 0.159. The molecular weight excluding hydrogens is 400 g/mol. The number of rotatable bonds is 5. The van der Waals surface area contributed by atoms with Gasteiger partial charge in [0.25, 0.3) is 5.91 Å². The van der Waals surface area contributed by atoms with Gasteiger partial charge < -0.3 is 24.3 Å². The molecule has 0 spiro atoms. The lowest BCUT2D eigenvalue weighted by molar-refractivity contribution is -0.123. The Balaban J connectivity index is 1.69. The van der Waals surface area contributed by atoms with Crippen molar-refractivity contribution in [3.63, 3.8) is 0 Å². The van der Waals surface area contributed by atoms with Gasteiger partial charge in [-0.05, 0) is 37.3 Å². The van der Waals surface area contributed by atoms with Gasteiger partial charge in [0.15, 0.2) is 17.6 Å². The molecule has 2 aromatic carbocycles. The molecule has 1 atom stereocenters. The number of fused-ring (bicyclic) bond motifs is 1. The summed E-state index contributed by atoms with van der Waals surface area (Å²) in [6.07, 6.45) is -1.09. The first-order chi connectivity index (χ1) is 13.9. The summed E-state index contributed by atoms with van der Waals surface area (Å²) in [4.78, 5) is 24.8. The second-order valence-electron chi connectivity index (χ2n) is 6.05. The van der Waals surface area contributed by atoms with E-state index in [-0.39, 0.29) is 16.1 Å². The first-order valence-corrected chi connectivity index (χ1v) is 9.00. The highest BCUT2D eigenvalue weighted by Crippen LogP contribution is 2.40. The van der Waals surface area contributed by atoms with E-state index in [0.717, 1.165) is 0 Å². The average Bonchev–Trinajstić information content (AvgIpc) is 2.72. The third-order valence-electron chi connectivity index (χ3n) is 4.07. The number of anilines is 1. The molecule has 0 radical (unpaired) electrons. The Bertz CT molecular complexity index is 984. The zero-order valence-corrected chi connectivity index (χ0v) is 16.4. The summed E-state index contributed by atoms with van der Waals surface area (Å²) in [6.45, 7) is 2.16. The maximum atomic E-state index is 12.5. The Hall–Kier alpha value is -3.44. The number of carbonyl (C=O) groups is 2. The van der Waals surface area contributed by atoms with E-state index in [1.54, 1.807) is 0 Å². The number of esters is 1. The van der Waals surface area contributed by atoms with Crippen molar-refractivity contribution in [2.75, 3.05) is 25.6 Å². The van der Waals surface area contributed by atoms with Crippen LogP contribution in [0.1, 0.15) is 22.8 Å². The number of benzene rings is 2. The summed E-state index contributed by atoms with van der Waals surface area (Å²) >= 11 is 5.95. The van der Waals surface area contributed by atoms with Crippen LogP contribution in [0.5, 0.6) is 17.2 Å². The Labute approximate surface area is 171 Å². The molecule has 3 rings (SSSR count). The molecule has 0 fully saturated rings. The van der Waals surface area contributed by atoms with Crippen LogP contribution in [-0.4, -0.2) is 38.3 Å². The number of carbonyl (C=O) groups excluding carboxylic acids is 2. The highest BCUT2D eigenvalue weighted by atomic mass is 35.5. The zero-order valence-electron chi connectivity index (χ0n) is 15.7. The lowest BCUT2D eigenvalue weighted by Crippen LogP contribution is -2.30. The minimum Gasteiger partial charge on any atom is -0.493 e. The van der Waals surface area contributed by atoms with Gasteiger partial charge in [-0.1, -0.05) is 11.6 Å². The van der Waals surface area contributed by atoms with E-state index in [9.17, 15) is 9.59 Å². The van der Waals surface area contributed by atoms with Crippen LogP contribution in [0.4, 0.5) is 5.69 Å². The van der Waals surface area contributed by atoms with E-state index in [2.05, 4.69) is 5.32 Å². The van der Waals surface area contributed by atoms with Crippen molar-refractivity contribution < 1.29 is 28.5 Å². The van der Waals surface area contributed by atoms with Crippen LogP contribution in [0.2, 0.25) is 5.02 Å². The monoisotopic (exact) mass is 416 g/mol. The standard InChI is InChI=1S/C20H17ClN2O6/c1-11(19(24)23-14-4-3-12(10-22)15(21)9-14)29-20(25)13-7-16(26-2)18-17(8-13)27-5-6-28-18/h3-4,7-9,11H,5-6H2,1-2H3,(H,23,24)/t11-/m0/s1. The number of nitriles is 1. The lowest BCUT2D eigenvalue weighted by Gasteiger charge is -2.21. The Morgan fingerprint density at radius 1 is 1.24 bits per heavy atom. The Kier molecular flexibility index (Phi) is 6.10. The summed E-state index contributed by atoms with van der Waals surface area (Å²) in [5.41, 5.74) is 0.826. The van der Waals surface area contributed by atoms with Crippen molar-refractivity contribution in [2.24, 2.45) is 0 Å². The summed E-state index contributed by atoms with van der Waals surface area (Å²) in [5.74, 6) is -0.159. The van der Waals surface area contributed by atoms with Crippen LogP contribution >= 0.6 is 11.6 Å². The van der Waals surface area contributed by atoms with E-state index in [1.807, 2.05) is 6.07 Å². The molecule has 2 aromatic rings. The van der Waals surface area contributed by atoms with Crippen molar-refractivity contribution in [3.8, 4) is 23.3 Å². The second-order valence-corrected chi connectivity index (χ2v) is 6.45. The summed E-state index contributed by atoms with van der Waals surface area (Å²) < 4.78 is 21.5. The molecule has 9 heteroatoms. The highest BCUT2D eigenvalue weighted by molar-refractivity contribution is 6.32.